The lowest BCUT2D eigenvalue weighted by Gasteiger charge is -2.22. The molecule has 0 aliphatic rings. The molecule has 0 bridgehead atoms. The van der Waals surface area contributed by atoms with E-state index >= 15 is 0 Å². The van der Waals surface area contributed by atoms with Crippen LogP contribution in [0.4, 0.5) is 5.82 Å². The normalized spacial score (nSPS) is 15.2. The summed E-state index contributed by atoms with van der Waals surface area (Å²) in [7, 11) is -4.11. The predicted octanol–water partition coefficient (Wildman–Crippen LogP) is 0.948. The molecule has 0 amide bonds. The van der Waals surface area contributed by atoms with Crippen molar-refractivity contribution in [3.8, 4) is 0 Å². The lowest BCUT2D eigenvalue weighted by molar-refractivity contribution is -0.171. The van der Waals surface area contributed by atoms with Crippen LogP contribution in [0.5, 0.6) is 0 Å². The zero-order valence-electron chi connectivity index (χ0n) is 16.1. The average molecular weight is 417 g/mol. The van der Waals surface area contributed by atoms with Crippen molar-refractivity contribution in [2.75, 3.05) is 25.3 Å². The summed E-state index contributed by atoms with van der Waals surface area (Å²) in [5, 5.41) is 0. The van der Waals surface area contributed by atoms with Crippen LogP contribution in [0.1, 0.15) is 27.7 Å². The second-order valence-corrected chi connectivity index (χ2v) is 8.58. The zero-order valence-corrected chi connectivity index (χ0v) is 17.0. The number of nitrogens with two attached hydrogens (primary N) is 1. The van der Waals surface area contributed by atoms with Crippen molar-refractivity contribution in [1.82, 2.24) is 19.7 Å². The molecule has 0 spiro atoms. The third-order valence-corrected chi connectivity index (χ3v) is 4.38. The lowest BCUT2D eigenvalue weighted by atomic mass is 9.97. The number of carbonyl (C=O) groups excluding carboxylic acids is 1. The van der Waals surface area contributed by atoms with Crippen molar-refractivity contribution in [2.24, 2.45) is 5.41 Å². The summed E-state index contributed by atoms with van der Waals surface area (Å²) in [4.78, 5) is 38.8. The van der Waals surface area contributed by atoms with E-state index in [1.807, 2.05) is 0 Å². The highest BCUT2D eigenvalue weighted by atomic mass is 31.2. The summed E-state index contributed by atoms with van der Waals surface area (Å²) < 4.78 is 28.2. The fraction of sp³-hybridized carbons (Fsp3) is 0.600. The molecule has 0 aliphatic heterocycles. The fourth-order valence-electron chi connectivity index (χ4n) is 1.91. The number of nitrogens with zero attached hydrogens (tertiary/aromatic N) is 4. The first kappa shape index (κ1) is 22.0. The molecule has 0 radical (unpaired) electrons. The Morgan fingerprint density at radius 3 is 2.71 bits per heavy atom. The Morgan fingerprint density at radius 2 is 2.04 bits per heavy atom. The molecule has 2 heterocycles. The smallest absolute Gasteiger partial charge is 0.356 e. The summed E-state index contributed by atoms with van der Waals surface area (Å²) in [5.41, 5.74) is 5.71. The van der Waals surface area contributed by atoms with Gasteiger partial charge in [0.1, 0.15) is 25.6 Å². The van der Waals surface area contributed by atoms with Gasteiger partial charge in [0, 0.05) is 0 Å². The summed E-state index contributed by atoms with van der Waals surface area (Å²) in [6, 6.07) is 0. The SMILES string of the molecule is CC(OC(=O)C(C)(C)C)OP(=O)(O)COCCOn1cnc2c(N)ncnc21. The molecule has 3 N–H and O–H groups in total. The van der Waals surface area contributed by atoms with Gasteiger partial charge in [-0.25, -0.2) is 15.0 Å². The van der Waals surface area contributed by atoms with Crippen LogP contribution in [0, 0.1) is 5.41 Å². The Kier molecular flexibility index (Phi) is 6.94. The highest BCUT2D eigenvalue weighted by molar-refractivity contribution is 7.52. The van der Waals surface area contributed by atoms with Crippen LogP contribution in [0.3, 0.4) is 0 Å². The van der Waals surface area contributed by atoms with Crippen molar-refractivity contribution in [3.05, 3.63) is 12.7 Å². The lowest BCUT2D eigenvalue weighted by Crippen LogP contribution is -2.28. The van der Waals surface area contributed by atoms with E-state index in [-0.39, 0.29) is 19.0 Å². The first-order valence-electron chi connectivity index (χ1n) is 8.35. The number of carbonyl (C=O) groups is 1. The topological polar surface area (TPSA) is 161 Å². The molecule has 2 unspecified atom stereocenters. The number of rotatable bonds is 9. The van der Waals surface area contributed by atoms with Gasteiger partial charge in [0.15, 0.2) is 11.3 Å². The van der Waals surface area contributed by atoms with E-state index in [2.05, 4.69) is 15.0 Å². The highest BCUT2D eigenvalue weighted by Gasteiger charge is 2.29. The Labute approximate surface area is 161 Å². The highest BCUT2D eigenvalue weighted by Crippen LogP contribution is 2.43. The number of ether oxygens (including phenoxy) is 2. The van der Waals surface area contributed by atoms with Crippen LogP contribution < -0.4 is 10.6 Å². The third-order valence-electron chi connectivity index (χ3n) is 3.24. The fourth-order valence-corrected chi connectivity index (χ4v) is 2.84. The van der Waals surface area contributed by atoms with Crippen LogP contribution in [0.15, 0.2) is 12.7 Å². The number of esters is 1. The van der Waals surface area contributed by atoms with E-state index in [0.717, 1.165) is 0 Å². The Balaban J connectivity index is 1.74. The molecule has 2 aromatic rings. The van der Waals surface area contributed by atoms with E-state index in [9.17, 15) is 14.3 Å². The van der Waals surface area contributed by atoms with E-state index < -0.39 is 31.6 Å². The number of nitrogen functional groups attached to an aromatic ring is 1. The maximum absolute atomic E-state index is 12.0. The van der Waals surface area contributed by atoms with Gasteiger partial charge in [-0.1, -0.05) is 0 Å². The van der Waals surface area contributed by atoms with Gasteiger partial charge in [-0.3, -0.25) is 13.9 Å². The van der Waals surface area contributed by atoms with Gasteiger partial charge >= 0.3 is 13.6 Å². The molecule has 13 heteroatoms. The monoisotopic (exact) mass is 417 g/mol. The zero-order chi connectivity index (χ0) is 20.9. The molecule has 0 aromatic carbocycles. The van der Waals surface area contributed by atoms with Crippen molar-refractivity contribution in [3.63, 3.8) is 0 Å². The minimum absolute atomic E-state index is 0.00961. The first-order chi connectivity index (χ1) is 13.0. The van der Waals surface area contributed by atoms with E-state index in [4.69, 9.17) is 24.6 Å². The molecule has 2 rings (SSSR count). The Bertz CT molecular complexity index is 866. The number of hydrogen-bond donors (Lipinski definition) is 2. The van der Waals surface area contributed by atoms with Crippen molar-refractivity contribution < 1.29 is 33.1 Å². The van der Waals surface area contributed by atoms with Gasteiger partial charge in [0.25, 0.3) is 0 Å². The minimum Gasteiger partial charge on any atom is -0.435 e. The third kappa shape index (κ3) is 6.13. The van der Waals surface area contributed by atoms with Crippen molar-refractivity contribution in [1.29, 1.82) is 0 Å². The minimum atomic E-state index is -4.11. The molecular formula is C15H24N5O7P. The van der Waals surface area contributed by atoms with Gasteiger partial charge in [-0.05, 0) is 27.7 Å². The van der Waals surface area contributed by atoms with Crippen molar-refractivity contribution in [2.45, 2.75) is 34.0 Å². The summed E-state index contributed by atoms with van der Waals surface area (Å²) in [5.74, 6) is -0.324. The average Bonchev–Trinajstić information content (AvgIpc) is 2.97. The molecule has 0 saturated heterocycles. The molecular weight excluding hydrogens is 393 g/mol. The second-order valence-electron chi connectivity index (χ2n) is 6.84. The van der Waals surface area contributed by atoms with Gasteiger partial charge in [-0.2, -0.15) is 4.73 Å². The summed E-state index contributed by atoms with van der Waals surface area (Å²) >= 11 is 0. The maximum atomic E-state index is 12.0. The second kappa shape index (κ2) is 8.82. The Morgan fingerprint density at radius 1 is 1.32 bits per heavy atom. The van der Waals surface area contributed by atoms with Gasteiger partial charge in [0.05, 0.1) is 12.0 Å². The summed E-state index contributed by atoms with van der Waals surface area (Å²) in [6.07, 6.45) is 0.877. The van der Waals surface area contributed by atoms with Crippen LogP contribution in [-0.4, -0.2) is 56.4 Å². The number of anilines is 1. The van der Waals surface area contributed by atoms with Crippen molar-refractivity contribution >= 4 is 30.5 Å². The molecule has 156 valence electrons. The Hall–Kier alpha value is -2.27. The van der Waals surface area contributed by atoms with E-state index in [1.165, 1.54) is 24.3 Å². The van der Waals surface area contributed by atoms with Crippen LogP contribution >= 0.6 is 7.60 Å². The number of fused-ring (bicyclic) bond motifs is 1. The summed E-state index contributed by atoms with van der Waals surface area (Å²) in [6.45, 7) is 6.37. The molecule has 0 aliphatic carbocycles. The van der Waals surface area contributed by atoms with Gasteiger partial charge in [0.2, 0.25) is 11.9 Å². The predicted molar refractivity (Wildman–Crippen MR) is 97.9 cm³/mol. The molecule has 0 fully saturated rings. The molecule has 12 nitrogen and oxygen atoms in total. The van der Waals surface area contributed by atoms with E-state index in [1.54, 1.807) is 20.8 Å². The number of hydrogen-bond acceptors (Lipinski definition) is 10. The molecule has 28 heavy (non-hydrogen) atoms. The number of aromatic nitrogens is 4. The van der Waals surface area contributed by atoms with Gasteiger partial charge in [-0.15, -0.1) is 0 Å². The molecule has 0 saturated carbocycles. The van der Waals surface area contributed by atoms with Crippen LogP contribution in [0.25, 0.3) is 11.2 Å². The van der Waals surface area contributed by atoms with Crippen LogP contribution in [-0.2, 0) is 23.4 Å². The molecule has 2 atom stereocenters. The first-order valence-corrected chi connectivity index (χ1v) is 10.1. The van der Waals surface area contributed by atoms with E-state index in [0.29, 0.717) is 11.2 Å². The van der Waals surface area contributed by atoms with Gasteiger partial charge < -0.3 is 24.9 Å². The molecule has 2 aromatic heterocycles. The largest absolute Gasteiger partial charge is 0.435 e. The maximum Gasteiger partial charge on any atom is 0.356 e. The number of imidazole rings is 1. The van der Waals surface area contributed by atoms with Crippen LogP contribution in [0.2, 0.25) is 0 Å². The standard InChI is InChI=1S/C15H24N5O7P/c1-10(26-14(21)15(2,3)4)27-28(22,23)9-24-5-6-25-20-8-19-11-12(16)17-7-18-13(11)20/h7-8,10H,5-6,9H2,1-4H3,(H,22,23)(H2,16,17,18). The quantitative estimate of drug-likeness (QED) is 0.259.